The van der Waals surface area contributed by atoms with Crippen LogP contribution in [0.25, 0.3) is 5.65 Å². The van der Waals surface area contributed by atoms with Crippen LogP contribution in [0.15, 0.2) is 18.7 Å². The maximum atomic E-state index is 4.32. The Balaban J connectivity index is 1.46. The van der Waals surface area contributed by atoms with Crippen LogP contribution in [0.3, 0.4) is 0 Å². The number of nitrogens with zero attached hydrogens (tertiary/aromatic N) is 4. The molecule has 0 bridgehead atoms. The number of aromatic nitrogens is 4. The molecule has 0 atom stereocenters. The summed E-state index contributed by atoms with van der Waals surface area (Å²) in [6.07, 6.45) is 13.5. The molecule has 20 heavy (non-hydrogen) atoms. The second-order valence-corrected chi connectivity index (χ2v) is 5.41. The molecule has 1 saturated carbocycles. The van der Waals surface area contributed by atoms with Gasteiger partial charge in [-0.3, -0.25) is 4.40 Å². The van der Waals surface area contributed by atoms with E-state index in [-0.39, 0.29) is 0 Å². The van der Waals surface area contributed by atoms with Crippen molar-refractivity contribution in [1.29, 1.82) is 0 Å². The first kappa shape index (κ1) is 13.3. The SMILES string of the molecule is c1cn2cnnc2c(NCCNC2CCCCCC2)n1. The summed E-state index contributed by atoms with van der Waals surface area (Å²) in [6, 6.07) is 0.691. The Kier molecular flexibility index (Phi) is 4.42. The van der Waals surface area contributed by atoms with E-state index in [0.717, 1.165) is 24.6 Å². The molecule has 0 spiro atoms. The third-order valence-corrected chi connectivity index (χ3v) is 3.92. The lowest BCUT2D eigenvalue weighted by Gasteiger charge is -2.16. The highest BCUT2D eigenvalue weighted by atomic mass is 15.2. The zero-order valence-electron chi connectivity index (χ0n) is 11.8. The van der Waals surface area contributed by atoms with Gasteiger partial charge in [0.15, 0.2) is 5.82 Å². The second-order valence-electron chi connectivity index (χ2n) is 5.41. The van der Waals surface area contributed by atoms with Crippen LogP contribution in [-0.4, -0.2) is 38.7 Å². The van der Waals surface area contributed by atoms with Gasteiger partial charge in [-0.25, -0.2) is 4.98 Å². The van der Waals surface area contributed by atoms with E-state index in [4.69, 9.17) is 0 Å². The van der Waals surface area contributed by atoms with Crippen molar-refractivity contribution in [2.45, 2.75) is 44.6 Å². The monoisotopic (exact) mass is 274 g/mol. The summed E-state index contributed by atoms with van der Waals surface area (Å²) in [4.78, 5) is 4.32. The van der Waals surface area contributed by atoms with Gasteiger partial charge in [0.25, 0.3) is 0 Å². The summed E-state index contributed by atoms with van der Waals surface area (Å²) >= 11 is 0. The van der Waals surface area contributed by atoms with Crippen LogP contribution < -0.4 is 10.6 Å². The second kappa shape index (κ2) is 6.65. The summed E-state index contributed by atoms with van der Waals surface area (Å²) in [6.45, 7) is 1.82. The molecule has 0 aromatic carbocycles. The molecule has 0 radical (unpaired) electrons. The first-order valence-corrected chi connectivity index (χ1v) is 7.55. The quantitative estimate of drug-likeness (QED) is 0.643. The summed E-state index contributed by atoms with van der Waals surface area (Å²) in [7, 11) is 0. The third-order valence-electron chi connectivity index (χ3n) is 3.92. The topological polar surface area (TPSA) is 67.1 Å². The number of hydrogen-bond acceptors (Lipinski definition) is 5. The van der Waals surface area contributed by atoms with Gasteiger partial charge in [-0.1, -0.05) is 25.7 Å². The smallest absolute Gasteiger partial charge is 0.203 e. The van der Waals surface area contributed by atoms with Crippen LogP contribution in [0.4, 0.5) is 5.82 Å². The lowest BCUT2D eigenvalue weighted by molar-refractivity contribution is 0.468. The molecular formula is C14H22N6. The molecular weight excluding hydrogens is 252 g/mol. The fourth-order valence-corrected chi connectivity index (χ4v) is 2.82. The first-order valence-electron chi connectivity index (χ1n) is 7.55. The molecule has 3 rings (SSSR count). The molecule has 6 nitrogen and oxygen atoms in total. The molecule has 0 aliphatic heterocycles. The lowest BCUT2D eigenvalue weighted by atomic mass is 10.1. The zero-order chi connectivity index (χ0) is 13.6. The molecule has 2 aromatic heterocycles. The van der Waals surface area contributed by atoms with Crippen LogP contribution in [0.1, 0.15) is 38.5 Å². The largest absolute Gasteiger partial charge is 0.366 e. The lowest BCUT2D eigenvalue weighted by Crippen LogP contribution is -2.32. The maximum Gasteiger partial charge on any atom is 0.203 e. The van der Waals surface area contributed by atoms with E-state index in [1.54, 1.807) is 12.5 Å². The highest BCUT2D eigenvalue weighted by Gasteiger charge is 2.11. The van der Waals surface area contributed by atoms with E-state index in [1.807, 2.05) is 10.6 Å². The molecule has 1 fully saturated rings. The van der Waals surface area contributed by atoms with Crippen molar-refractivity contribution in [3.05, 3.63) is 18.7 Å². The van der Waals surface area contributed by atoms with Crippen molar-refractivity contribution in [3.8, 4) is 0 Å². The van der Waals surface area contributed by atoms with Gasteiger partial charge >= 0.3 is 0 Å². The Morgan fingerprint density at radius 3 is 2.85 bits per heavy atom. The van der Waals surface area contributed by atoms with Crippen LogP contribution in [-0.2, 0) is 0 Å². The van der Waals surface area contributed by atoms with Gasteiger partial charge in [-0.15, -0.1) is 10.2 Å². The summed E-state index contributed by atoms with van der Waals surface area (Å²) in [5, 5.41) is 14.9. The van der Waals surface area contributed by atoms with Gasteiger partial charge < -0.3 is 10.6 Å². The van der Waals surface area contributed by atoms with E-state index in [9.17, 15) is 0 Å². The van der Waals surface area contributed by atoms with Crippen molar-refractivity contribution in [2.75, 3.05) is 18.4 Å². The molecule has 0 saturated heterocycles. The number of anilines is 1. The van der Waals surface area contributed by atoms with E-state index >= 15 is 0 Å². The molecule has 0 unspecified atom stereocenters. The van der Waals surface area contributed by atoms with E-state index in [0.29, 0.717) is 6.04 Å². The molecule has 6 heteroatoms. The van der Waals surface area contributed by atoms with Gasteiger partial charge in [0.2, 0.25) is 5.65 Å². The van der Waals surface area contributed by atoms with Crippen molar-refractivity contribution in [3.63, 3.8) is 0 Å². The summed E-state index contributed by atoms with van der Waals surface area (Å²) < 4.78 is 1.87. The van der Waals surface area contributed by atoms with Crippen molar-refractivity contribution >= 4 is 11.5 Å². The first-order chi connectivity index (χ1) is 9.93. The van der Waals surface area contributed by atoms with Gasteiger partial charge in [0.05, 0.1) is 0 Å². The zero-order valence-corrected chi connectivity index (χ0v) is 11.8. The molecule has 2 N–H and O–H groups in total. The number of nitrogens with one attached hydrogen (secondary N) is 2. The highest BCUT2D eigenvalue weighted by Crippen LogP contribution is 2.17. The van der Waals surface area contributed by atoms with Crippen LogP contribution in [0.2, 0.25) is 0 Å². The molecule has 1 aliphatic carbocycles. The Hall–Kier alpha value is -1.69. The highest BCUT2D eigenvalue weighted by molar-refractivity contribution is 5.61. The van der Waals surface area contributed by atoms with Gasteiger partial charge in [0.1, 0.15) is 6.33 Å². The minimum atomic E-state index is 0.691. The average molecular weight is 274 g/mol. The average Bonchev–Trinajstić information content (AvgIpc) is 2.81. The van der Waals surface area contributed by atoms with Crippen molar-refractivity contribution in [2.24, 2.45) is 0 Å². The Labute approximate surface area is 119 Å². The molecule has 0 amide bonds. The number of rotatable bonds is 5. The minimum Gasteiger partial charge on any atom is -0.366 e. The predicted octanol–water partition coefficient (Wildman–Crippen LogP) is 1.85. The predicted molar refractivity (Wildman–Crippen MR) is 78.8 cm³/mol. The third kappa shape index (κ3) is 3.25. The number of hydrogen-bond donors (Lipinski definition) is 2. The van der Waals surface area contributed by atoms with Crippen LogP contribution in [0.5, 0.6) is 0 Å². The fourth-order valence-electron chi connectivity index (χ4n) is 2.82. The van der Waals surface area contributed by atoms with Crippen molar-refractivity contribution < 1.29 is 0 Å². The van der Waals surface area contributed by atoms with E-state index in [1.165, 1.54) is 38.5 Å². The Morgan fingerprint density at radius 1 is 1.15 bits per heavy atom. The van der Waals surface area contributed by atoms with Crippen molar-refractivity contribution in [1.82, 2.24) is 24.9 Å². The number of fused-ring (bicyclic) bond motifs is 1. The van der Waals surface area contributed by atoms with Gasteiger partial charge in [-0.2, -0.15) is 0 Å². The molecule has 1 aliphatic rings. The van der Waals surface area contributed by atoms with E-state index < -0.39 is 0 Å². The molecule has 2 aromatic rings. The minimum absolute atomic E-state index is 0.691. The Bertz CT molecular complexity index is 529. The summed E-state index contributed by atoms with van der Waals surface area (Å²) in [5.74, 6) is 0.799. The van der Waals surface area contributed by atoms with Gasteiger partial charge in [-0.05, 0) is 12.8 Å². The standard InChI is InChI=1S/C14H22N6/c1-2-4-6-12(5-3-1)15-7-8-16-13-14-19-18-11-20(14)10-9-17-13/h9-12,15H,1-8H2,(H,16,17). The summed E-state index contributed by atoms with van der Waals surface area (Å²) in [5.41, 5.74) is 0.780. The van der Waals surface area contributed by atoms with Crippen LogP contribution in [0, 0.1) is 0 Å². The normalized spacial score (nSPS) is 17.2. The Morgan fingerprint density at radius 2 is 2.00 bits per heavy atom. The molecule has 2 heterocycles. The van der Waals surface area contributed by atoms with Gasteiger partial charge in [0, 0.05) is 31.5 Å². The maximum absolute atomic E-state index is 4.32. The van der Waals surface area contributed by atoms with Crippen LogP contribution >= 0.6 is 0 Å². The fraction of sp³-hybridized carbons (Fsp3) is 0.643. The van der Waals surface area contributed by atoms with E-state index in [2.05, 4.69) is 25.8 Å². The molecule has 108 valence electrons.